The van der Waals surface area contributed by atoms with Gasteiger partial charge in [0.25, 0.3) is 0 Å². The van der Waals surface area contributed by atoms with Gasteiger partial charge < -0.3 is 9.80 Å². The monoisotopic (exact) mass is 303 g/mol. The third-order valence-electron chi connectivity index (χ3n) is 4.32. The third kappa shape index (κ3) is 2.85. The smallest absolute Gasteiger partial charge is 0.136 e. The van der Waals surface area contributed by atoms with Crippen molar-refractivity contribution in [2.75, 3.05) is 31.6 Å². The van der Waals surface area contributed by atoms with Gasteiger partial charge in [-0.3, -0.25) is 0 Å². The molecule has 1 aliphatic rings. The van der Waals surface area contributed by atoms with Crippen molar-refractivity contribution in [1.82, 2.24) is 9.88 Å². The van der Waals surface area contributed by atoms with E-state index in [9.17, 15) is 0 Å². The molecule has 2 heterocycles. The van der Waals surface area contributed by atoms with Crippen LogP contribution >= 0.6 is 11.6 Å². The number of aromatic nitrogens is 1. The Bertz CT molecular complexity index is 628. The first-order valence-electron chi connectivity index (χ1n) is 7.58. The predicted octanol–water partition coefficient (Wildman–Crippen LogP) is 3.50. The van der Waals surface area contributed by atoms with Gasteiger partial charge in [-0.25, -0.2) is 4.98 Å². The molecule has 0 N–H and O–H groups in total. The van der Waals surface area contributed by atoms with Crippen LogP contribution in [-0.2, 0) is 5.88 Å². The van der Waals surface area contributed by atoms with Crippen LogP contribution < -0.4 is 4.90 Å². The van der Waals surface area contributed by atoms with Crippen molar-refractivity contribution in [2.45, 2.75) is 25.3 Å². The van der Waals surface area contributed by atoms with Crippen LogP contribution in [0.5, 0.6) is 0 Å². The van der Waals surface area contributed by atoms with E-state index in [-0.39, 0.29) is 0 Å². The number of anilines is 1. The van der Waals surface area contributed by atoms with Gasteiger partial charge in [-0.05, 0) is 37.9 Å². The number of alkyl halides is 1. The normalized spacial score (nSPS) is 20.7. The number of likely N-dealkylation sites (N-methyl/N-ethyl adjacent to an activating group) is 1. The largest absolute Gasteiger partial charge is 0.352 e. The van der Waals surface area contributed by atoms with Gasteiger partial charge in [0, 0.05) is 36.6 Å². The number of nitrogens with zero attached hydrogens (tertiary/aromatic N) is 3. The molecule has 3 rings (SSSR count). The number of hydrogen-bond acceptors (Lipinski definition) is 3. The quantitative estimate of drug-likeness (QED) is 0.792. The van der Waals surface area contributed by atoms with Crippen molar-refractivity contribution < 1.29 is 0 Å². The minimum atomic E-state index is 0.468. The van der Waals surface area contributed by atoms with Gasteiger partial charge in [0.05, 0.1) is 0 Å². The molecule has 1 atom stereocenters. The highest BCUT2D eigenvalue weighted by atomic mass is 35.5. The van der Waals surface area contributed by atoms with Gasteiger partial charge >= 0.3 is 0 Å². The molecule has 0 bridgehead atoms. The summed E-state index contributed by atoms with van der Waals surface area (Å²) >= 11 is 6.06. The highest BCUT2D eigenvalue weighted by Crippen LogP contribution is 2.30. The number of hydrogen-bond donors (Lipinski definition) is 0. The topological polar surface area (TPSA) is 19.4 Å². The van der Waals surface area contributed by atoms with E-state index < -0.39 is 0 Å². The van der Waals surface area contributed by atoms with E-state index in [0.29, 0.717) is 11.9 Å². The maximum atomic E-state index is 6.06. The van der Waals surface area contributed by atoms with E-state index in [1.54, 1.807) is 0 Å². The first kappa shape index (κ1) is 14.6. The van der Waals surface area contributed by atoms with Crippen LogP contribution in [0.3, 0.4) is 0 Å². The van der Waals surface area contributed by atoms with Crippen molar-refractivity contribution in [2.24, 2.45) is 0 Å². The van der Waals surface area contributed by atoms with E-state index in [1.807, 2.05) is 6.20 Å². The number of benzene rings is 1. The van der Waals surface area contributed by atoms with E-state index in [2.05, 4.69) is 48.0 Å². The second-order valence-corrected chi connectivity index (χ2v) is 6.21. The molecule has 1 aromatic carbocycles. The SMILES string of the molecule is CC1CN(C)CCCN1c1ncc(CCl)c2ccccc12. The number of fused-ring (bicyclic) bond motifs is 1. The zero-order valence-corrected chi connectivity index (χ0v) is 13.5. The maximum Gasteiger partial charge on any atom is 0.136 e. The summed E-state index contributed by atoms with van der Waals surface area (Å²) in [6.07, 6.45) is 3.11. The molecular weight excluding hydrogens is 282 g/mol. The number of pyridine rings is 1. The molecular formula is C17H22ClN3. The standard InChI is InChI=1S/C17H22ClN3/c1-13-12-20(2)8-5-9-21(13)17-16-7-4-3-6-15(16)14(10-18)11-19-17/h3-4,6-7,11,13H,5,8-10,12H2,1-2H3. The van der Waals surface area contributed by atoms with Crippen LogP contribution in [0.1, 0.15) is 18.9 Å². The van der Waals surface area contributed by atoms with Gasteiger partial charge in [0.1, 0.15) is 5.82 Å². The fraction of sp³-hybridized carbons (Fsp3) is 0.471. The molecule has 0 saturated carbocycles. The lowest BCUT2D eigenvalue weighted by Crippen LogP contribution is -2.38. The highest BCUT2D eigenvalue weighted by Gasteiger charge is 2.22. The molecule has 1 fully saturated rings. The zero-order valence-electron chi connectivity index (χ0n) is 12.7. The number of halogens is 1. The molecule has 4 heteroatoms. The fourth-order valence-corrected chi connectivity index (χ4v) is 3.47. The van der Waals surface area contributed by atoms with Crippen molar-refractivity contribution in [3.63, 3.8) is 0 Å². The molecule has 0 amide bonds. The molecule has 1 saturated heterocycles. The van der Waals surface area contributed by atoms with Crippen molar-refractivity contribution in [3.8, 4) is 0 Å². The minimum absolute atomic E-state index is 0.468. The van der Waals surface area contributed by atoms with E-state index in [4.69, 9.17) is 16.6 Å². The lowest BCUT2D eigenvalue weighted by Gasteiger charge is -2.30. The minimum Gasteiger partial charge on any atom is -0.352 e. The van der Waals surface area contributed by atoms with Crippen LogP contribution in [0, 0.1) is 0 Å². The molecule has 21 heavy (non-hydrogen) atoms. The van der Waals surface area contributed by atoms with Gasteiger partial charge in [0.15, 0.2) is 0 Å². The summed E-state index contributed by atoms with van der Waals surface area (Å²) < 4.78 is 0. The Kier molecular flexibility index (Phi) is 4.32. The lowest BCUT2D eigenvalue weighted by molar-refractivity contribution is 0.337. The summed E-state index contributed by atoms with van der Waals surface area (Å²) in [6, 6.07) is 8.93. The molecule has 112 valence electrons. The Morgan fingerprint density at radius 3 is 2.76 bits per heavy atom. The third-order valence-corrected chi connectivity index (χ3v) is 4.61. The van der Waals surface area contributed by atoms with Crippen molar-refractivity contribution >= 4 is 28.2 Å². The Labute approximate surface area is 131 Å². The lowest BCUT2D eigenvalue weighted by atomic mass is 10.1. The average molecular weight is 304 g/mol. The molecule has 3 nitrogen and oxygen atoms in total. The Morgan fingerprint density at radius 2 is 2.00 bits per heavy atom. The van der Waals surface area contributed by atoms with E-state index >= 15 is 0 Å². The Hall–Kier alpha value is -1.32. The second-order valence-electron chi connectivity index (χ2n) is 5.94. The van der Waals surface area contributed by atoms with Gasteiger partial charge in [-0.1, -0.05) is 24.3 Å². The maximum absolute atomic E-state index is 6.06. The number of rotatable bonds is 2. The summed E-state index contributed by atoms with van der Waals surface area (Å²) in [5, 5.41) is 2.44. The van der Waals surface area contributed by atoms with Crippen molar-refractivity contribution in [1.29, 1.82) is 0 Å². The zero-order chi connectivity index (χ0) is 14.8. The van der Waals surface area contributed by atoms with Gasteiger partial charge in [-0.2, -0.15) is 0 Å². The van der Waals surface area contributed by atoms with Crippen molar-refractivity contribution in [3.05, 3.63) is 36.0 Å². The molecule has 0 spiro atoms. The Morgan fingerprint density at radius 1 is 1.24 bits per heavy atom. The molecule has 2 aromatic rings. The first-order valence-corrected chi connectivity index (χ1v) is 8.12. The van der Waals surface area contributed by atoms with Crippen LogP contribution in [-0.4, -0.2) is 42.6 Å². The molecule has 1 aliphatic heterocycles. The van der Waals surface area contributed by atoms with Gasteiger partial charge in [-0.15, -0.1) is 11.6 Å². The van der Waals surface area contributed by atoms with Crippen LogP contribution in [0.15, 0.2) is 30.5 Å². The summed E-state index contributed by atoms with van der Waals surface area (Å²) in [5.41, 5.74) is 1.11. The average Bonchev–Trinajstić information content (AvgIpc) is 2.66. The molecule has 1 unspecified atom stereocenters. The predicted molar refractivity (Wildman–Crippen MR) is 90.2 cm³/mol. The summed E-state index contributed by atoms with van der Waals surface area (Å²) in [7, 11) is 2.20. The first-order chi connectivity index (χ1) is 10.2. The summed E-state index contributed by atoms with van der Waals surface area (Å²) in [5.74, 6) is 1.61. The van der Waals surface area contributed by atoms with Crippen LogP contribution in [0.4, 0.5) is 5.82 Å². The van der Waals surface area contributed by atoms with Crippen LogP contribution in [0.2, 0.25) is 0 Å². The molecule has 0 aliphatic carbocycles. The summed E-state index contributed by atoms with van der Waals surface area (Å²) in [6.45, 7) is 5.57. The van der Waals surface area contributed by atoms with Gasteiger partial charge in [0.2, 0.25) is 0 Å². The summed E-state index contributed by atoms with van der Waals surface area (Å²) in [4.78, 5) is 9.59. The highest BCUT2D eigenvalue weighted by molar-refractivity contribution is 6.18. The van der Waals surface area contributed by atoms with Crippen LogP contribution in [0.25, 0.3) is 10.8 Å². The van der Waals surface area contributed by atoms with E-state index in [1.165, 1.54) is 17.2 Å². The molecule has 1 aromatic heterocycles. The van der Waals surface area contributed by atoms with E-state index in [0.717, 1.165) is 31.0 Å². The fourth-order valence-electron chi connectivity index (χ4n) is 3.26. The second kappa shape index (κ2) is 6.20. The Balaban J connectivity index is 2.07. The molecule has 0 radical (unpaired) electrons.